The molecule has 3 N–H and O–H groups in total. The van der Waals surface area contributed by atoms with E-state index in [1.54, 1.807) is 41.6 Å². The standard InChI is InChI=1S/C27H34N8O3/c1-7-21(36)34-12-8-9-19(14-34)35-26-23(25(28)29-17(4)30-26)24(32-35)27(38)31-20-11-10-18(15(2)16(20)3)13-22(37)33(5)6/h7,10-11,19H,1,8-9,12-14H2,2-6H3,(H,31,38)(H2,28,29,30). The summed E-state index contributed by atoms with van der Waals surface area (Å²) in [6.45, 7) is 10.2. The molecular weight excluding hydrogens is 484 g/mol. The maximum absolute atomic E-state index is 13.6. The van der Waals surface area contributed by atoms with E-state index in [0.29, 0.717) is 35.6 Å². The molecular formula is C27H34N8O3. The molecule has 1 atom stereocenters. The summed E-state index contributed by atoms with van der Waals surface area (Å²) in [6.07, 6.45) is 3.14. The number of nitrogens with two attached hydrogens (primary N) is 1. The van der Waals surface area contributed by atoms with E-state index in [1.807, 2.05) is 19.9 Å². The number of piperidine rings is 1. The molecule has 3 aromatic rings. The average Bonchev–Trinajstić information content (AvgIpc) is 3.27. The molecule has 0 radical (unpaired) electrons. The number of likely N-dealkylation sites (N-methyl/N-ethyl adjacent to an activating group) is 1. The Kier molecular flexibility index (Phi) is 7.47. The number of carbonyl (C=O) groups is 3. The van der Waals surface area contributed by atoms with Crippen LogP contribution in [-0.2, 0) is 16.0 Å². The number of nitrogens with zero attached hydrogens (tertiary/aromatic N) is 6. The maximum Gasteiger partial charge on any atom is 0.277 e. The zero-order chi connectivity index (χ0) is 27.7. The van der Waals surface area contributed by atoms with Gasteiger partial charge in [0.2, 0.25) is 11.8 Å². The molecule has 1 aliphatic heterocycles. The summed E-state index contributed by atoms with van der Waals surface area (Å²) in [4.78, 5) is 50.1. The molecule has 38 heavy (non-hydrogen) atoms. The van der Waals surface area contributed by atoms with Crippen molar-refractivity contribution in [2.24, 2.45) is 0 Å². The van der Waals surface area contributed by atoms with Crippen LogP contribution in [0.1, 0.15) is 51.9 Å². The number of hydrogen-bond donors (Lipinski definition) is 2. The smallest absolute Gasteiger partial charge is 0.277 e. The van der Waals surface area contributed by atoms with Crippen molar-refractivity contribution >= 4 is 40.3 Å². The molecule has 200 valence electrons. The average molecular weight is 519 g/mol. The Hall–Kier alpha value is -4.28. The van der Waals surface area contributed by atoms with Crippen molar-refractivity contribution in [1.82, 2.24) is 29.5 Å². The Balaban J connectivity index is 1.69. The Labute approximate surface area is 221 Å². The Bertz CT molecular complexity index is 1440. The van der Waals surface area contributed by atoms with Gasteiger partial charge in [0.15, 0.2) is 11.3 Å². The number of fused-ring (bicyclic) bond motifs is 1. The van der Waals surface area contributed by atoms with Gasteiger partial charge in [-0.05, 0) is 62.4 Å². The number of hydrogen-bond acceptors (Lipinski definition) is 7. The lowest BCUT2D eigenvalue weighted by molar-refractivity contribution is -0.128. The van der Waals surface area contributed by atoms with Crippen LogP contribution in [0.2, 0.25) is 0 Å². The second-order valence-electron chi connectivity index (χ2n) is 9.87. The predicted octanol–water partition coefficient (Wildman–Crippen LogP) is 2.57. The molecule has 0 spiro atoms. The molecule has 0 saturated carbocycles. The van der Waals surface area contributed by atoms with Gasteiger partial charge in [0, 0.05) is 32.9 Å². The fourth-order valence-corrected chi connectivity index (χ4v) is 4.78. The monoisotopic (exact) mass is 518 g/mol. The maximum atomic E-state index is 13.6. The Morgan fingerprint density at radius 3 is 2.61 bits per heavy atom. The molecule has 0 bridgehead atoms. The van der Waals surface area contributed by atoms with E-state index in [-0.39, 0.29) is 35.8 Å². The molecule has 1 saturated heterocycles. The number of aromatic nitrogens is 4. The zero-order valence-corrected chi connectivity index (χ0v) is 22.5. The van der Waals surface area contributed by atoms with Crippen molar-refractivity contribution in [1.29, 1.82) is 0 Å². The highest BCUT2D eigenvalue weighted by atomic mass is 16.2. The van der Waals surface area contributed by atoms with Gasteiger partial charge in [-0.3, -0.25) is 14.4 Å². The lowest BCUT2D eigenvalue weighted by Gasteiger charge is -2.32. The number of nitrogens with one attached hydrogen (secondary N) is 1. The van der Waals surface area contributed by atoms with E-state index in [2.05, 4.69) is 27.0 Å². The molecule has 11 nitrogen and oxygen atoms in total. The fourth-order valence-electron chi connectivity index (χ4n) is 4.78. The molecule has 1 aromatic carbocycles. The summed E-state index contributed by atoms with van der Waals surface area (Å²) in [7, 11) is 3.45. The van der Waals surface area contributed by atoms with Crippen molar-refractivity contribution in [3.05, 3.63) is 53.0 Å². The minimum atomic E-state index is -0.442. The summed E-state index contributed by atoms with van der Waals surface area (Å²) in [5, 5.41) is 8.00. The molecule has 2 aromatic heterocycles. The minimum absolute atomic E-state index is 0.00290. The van der Waals surface area contributed by atoms with Crippen molar-refractivity contribution in [3.8, 4) is 0 Å². The molecule has 0 aliphatic carbocycles. The summed E-state index contributed by atoms with van der Waals surface area (Å²) in [5.74, 6) is 0.0537. The van der Waals surface area contributed by atoms with Crippen LogP contribution < -0.4 is 11.1 Å². The van der Waals surface area contributed by atoms with Gasteiger partial charge in [0.1, 0.15) is 11.6 Å². The number of anilines is 2. The van der Waals surface area contributed by atoms with E-state index < -0.39 is 5.91 Å². The van der Waals surface area contributed by atoms with Crippen molar-refractivity contribution in [2.45, 2.75) is 46.1 Å². The number of benzene rings is 1. The summed E-state index contributed by atoms with van der Waals surface area (Å²) >= 11 is 0. The van der Waals surface area contributed by atoms with Gasteiger partial charge in [-0.2, -0.15) is 5.10 Å². The van der Waals surface area contributed by atoms with Gasteiger partial charge < -0.3 is 20.9 Å². The number of amides is 3. The summed E-state index contributed by atoms with van der Waals surface area (Å²) < 4.78 is 1.70. The minimum Gasteiger partial charge on any atom is -0.383 e. The molecule has 4 rings (SSSR count). The lowest BCUT2D eigenvalue weighted by atomic mass is 9.98. The molecule has 1 aliphatic rings. The molecule has 1 fully saturated rings. The van der Waals surface area contributed by atoms with Crippen LogP contribution >= 0.6 is 0 Å². The van der Waals surface area contributed by atoms with E-state index >= 15 is 0 Å². The first-order chi connectivity index (χ1) is 18.0. The van der Waals surface area contributed by atoms with Gasteiger partial charge >= 0.3 is 0 Å². The van der Waals surface area contributed by atoms with E-state index in [9.17, 15) is 14.4 Å². The number of likely N-dealkylation sites (tertiary alicyclic amines) is 1. The molecule has 3 amide bonds. The Morgan fingerprint density at radius 1 is 1.18 bits per heavy atom. The largest absolute Gasteiger partial charge is 0.383 e. The SMILES string of the molecule is C=CC(=O)N1CCCC(n2nc(C(=O)Nc3ccc(CC(=O)N(C)C)c(C)c3C)c3c(N)nc(C)nc32)C1. The predicted molar refractivity (Wildman–Crippen MR) is 146 cm³/mol. The molecule has 11 heteroatoms. The topological polar surface area (TPSA) is 139 Å². The van der Waals surface area contributed by atoms with Gasteiger partial charge in [-0.25, -0.2) is 14.6 Å². The lowest BCUT2D eigenvalue weighted by Crippen LogP contribution is -2.40. The van der Waals surface area contributed by atoms with Crippen LogP contribution in [0.4, 0.5) is 11.5 Å². The van der Waals surface area contributed by atoms with Crippen LogP contribution in [0.5, 0.6) is 0 Å². The first-order valence-corrected chi connectivity index (χ1v) is 12.6. The highest BCUT2D eigenvalue weighted by Crippen LogP contribution is 2.30. The van der Waals surface area contributed by atoms with Crippen LogP contribution in [0.25, 0.3) is 11.0 Å². The Morgan fingerprint density at radius 2 is 1.92 bits per heavy atom. The van der Waals surface area contributed by atoms with Gasteiger partial charge in [-0.15, -0.1) is 0 Å². The number of aryl methyl sites for hydroxylation is 1. The van der Waals surface area contributed by atoms with Gasteiger partial charge in [-0.1, -0.05) is 12.6 Å². The van der Waals surface area contributed by atoms with Crippen molar-refractivity contribution in [3.63, 3.8) is 0 Å². The third-order valence-corrected chi connectivity index (χ3v) is 7.12. The molecule has 1 unspecified atom stereocenters. The highest BCUT2D eigenvalue weighted by Gasteiger charge is 2.30. The quantitative estimate of drug-likeness (QED) is 0.478. The highest BCUT2D eigenvalue weighted by molar-refractivity contribution is 6.13. The summed E-state index contributed by atoms with van der Waals surface area (Å²) in [6, 6.07) is 3.47. The van der Waals surface area contributed by atoms with Crippen molar-refractivity contribution in [2.75, 3.05) is 38.2 Å². The van der Waals surface area contributed by atoms with E-state index in [0.717, 1.165) is 29.5 Å². The third-order valence-electron chi connectivity index (χ3n) is 7.12. The second kappa shape index (κ2) is 10.6. The first-order valence-electron chi connectivity index (χ1n) is 12.6. The van der Waals surface area contributed by atoms with Gasteiger partial charge in [0.25, 0.3) is 5.91 Å². The number of nitrogen functional groups attached to an aromatic ring is 1. The first kappa shape index (κ1) is 26.8. The summed E-state index contributed by atoms with van der Waals surface area (Å²) in [5.41, 5.74) is 10.2. The van der Waals surface area contributed by atoms with Crippen LogP contribution in [0.3, 0.4) is 0 Å². The third kappa shape index (κ3) is 5.09. The van der Waals surface area contributed by atoms with Crippen LogP contribution in [0.15, 0.2) is 24.8 Å². The number of carbonyl (C=O) groups excluding carboxylic acids is 3. The fraction of sp³-hybridized carbons (Fsp3) is 0.407. The van der Waals surface area contributed by atoms with Gasteiger partial charge in [0.05, 0.1) is 17.8 Å². The van der Waals surface area contributed by atoms with Crippen molar-refractivity contribution < 1.29 is 14.4 Å². The van der Waals surface area contributed by atoms with E-state index in [4.69, 9.17) is 5.73 Å². The van der Waals surface area contributed by atoms with E-state index in [1.165, 1.54) is 6.08 Å². The van der Waals surface area contributed by atoms with Crippen LogP contribution in [-0.4, -0.2) is 74.5 Å². The second-order valence-corrected chi connectivity index (χ2v) is 9.87. The normalized spacial score (nSPS) is 15.4. The zero-order valence-electron chi connectivity index (χ0n) is 22.5. The van der Waals surface area contributed by atoms with Crippen LogP contribution in [0, 0.1) is 20.8 Å². The molecule has 3 heterocycles. The number of rotatable bonds is 6.